The number of aromatic carboxylic acids is 2. The third-order valence-corrected chi connectivity index (χ3v) is 9.52. The van der Waals surface area contributed by atoms with E-state index >= 15 is 0 Å². The average molecular weight is 813 g/mol. The Bertz CT molecular complexity index is 2600. The van der Waals surface area contributed by atoms with Crippen LogP contribution >= 0.6 is 0 Å². The first kappa shape index (κ1) is 42.4. The molecule has 0 aliphatic carbocycles. The van der Waals surface area contributed by atoms with Gasteiger partial charge in [0.25, 0.3) is 20.2 Å². The van der Waals surface area contributed by atoms with Gasteiger partial charge >= 0.3 is 11.9 Å². The van der Waals surface area contributed by atoms with Crippen molar-refractivity contribution < 1.29 is 56.0 Å². The van der Waals surface area contributed by atoms with Crippen LogP contribution in [-0.4, -0.2) is 96.0 Å². The number of hydrogen-bond donors (Lipinski definition) is 6. The normalized spacial score (nSPS) is 11.7. The molecule has 0 bridgehead atoms. The summed E-state index contributed by atoms with van der Waals surface area (Å²) in [5.74, 6) is -3.87. The zero-order valence-corrected chi connectivity index (χ0v) is 32.5. The molecule has 0 saturated carbocycles. The molecular formula is C36H28CaN4O12S2. The van der Waals surface area contributed by atoms with Crippen LogP contribution in [0.25, 0.3) is 21.5 Å². The van der Waals surface area contributed by atoms with Crippen molar-refractivity contribution in [3.8, 4) is 11.5 Å². The standard InChI is InChI=1S/2C18H14N2O6S.Ca/c2*1-10-6-7-14(15(8-10)27(24,25)26)19-20-16-12-5-3-2-4-11(12)9-13(17(16)21)18(22)23;/h2*2-9,21H,1H3,(H,22,23)(H,24,25,26);. The molecule has 55 heavy (non-hydrogen) atoms. The molecule has 6 aromatic rings. The smallest absolute Gasteiger partial charge is 0.339 e. The number of carboxylic acid groups (broad SMARTS) is 2. The molecule has 0 heterocycles. The molecule has 0 fully saturated rings. The van der Waals surface area contributed by atoms with Crippen LogP contribution in [0.5, 0.6) is 11.5 Å². The van der Waals surface area contributed by atoms with E-state index in [9.17, 15) is 56.0 Å². The molecule has 0 aliphatic heterocycles. The second-order valence-corrected chi connectivity index (χ2v) is 14.4. The van der Waals surface area contributed by atoms with E-state index in [0.29, 0.717) is 32.7 Å². The first-order valence-corrected chi connectivity index (χ1v) is 18.2. The Balaban J connectivity index is 0.000000240. The molecular weight excluding hydrogens is 785 g/mol. The summed E-state index contributed by atoms with van der Waals surface area (Å²) in [7, 11) is -9.09. The number of aryl methyl sites for hydroxylation is 2. The summed E-state index contributed by atoms with van der Waals surface area (Å²) in [6.07, 6.45) is 0. The summed E-state index contributed by atoms with van der Waals surface area (Å²) in [5, 5.41) is 56.5. The molecule has 0 amide bonds. The second kappa shape index (κ2) is 17.0. The van der Waals surface area contributed by atoms with E-state index < -0.39 is 53.5 Å². The van der Waals surface area contributed by atoms with Crippen molar-refractivity contribution >= 4 is 114 Å². The molecule has 2 radical (unpaired) electrons. The van der Waals surface area contributed by atoms with E-state index in [0.717, 1.165) is 0 Å². The number of hydrogen-bond acceptors (Lipinski definition) is 12. The van der Waals surface area contributed by atoms with Crippen LogP contribution in [0.3, 0.4) is 0 Å². The zero-order valence-electron chi connectivity index (χ0n) is 28.7. The zero-order chi connectivity index (χ0) is 39.5. The molecule has 6 aromatic carbocycles. The minimum atomic E-state index is -4.54. The van der Waals surface area contributed by atoms with Gasteiger partial charge in [0.1, 0.15) is 43.7 Å². The van der Waals surface area contributed by atoms with Crippen molar-refractivity contribution in [2.45, 2.75) is 23.6 Å². The molecule has 6 rings (SSSR count). The number of aromatic hydroxyl groups is 2. The molecule has 6 N–H and O–H groups in total. The van der Waals surface area contributed by atoms with Gasteiger partial charge in [-0.15, -0.1) is 20.5 Å². The molecule has 19 heteroatoms. The minimum Gasteiger partial charge on any atom is -0.505 e. The van der Waals surface area contributed by atoms with Crippen molar-refractivity contribution in [1.82, 2.24) is 0 Å². The van der Waals surface area contributed by atoms with E-state index in [4.69, 9.17) is 0 Å². The number of rotatable bonds is 8. The minimum absolute atomic E-state index is 0. The largest absolute Gasteiger partial charge is 0.505 e. The van der Waals surface area contributed by atoms with E-state index in [1.807, 2.05) is 0 Å². The monoisotopic (exact) mass is 812 g/mol. The third kappa shape index (κ3) is 9.67. The maximum atomic E-state index is 11.6. The van der Waals surface area contributed by atoms with E-state index in [1.54, 1.807) is 74.5 Å². The Morgan fingerprint density at radius 1 is 0.527 bits per heavy atom. The SMILES string of the molecule is Cc1ccc(N=Nc2c(O)c(C(=O)O)cc3ccccc23)c(S(=O)(=O)O)c1.Cc1ccc(N=Nc2c(O)c(C(=O)O)cc3ccccc23)c(S(=O)(=O)O)c1.[Ca]. The van der Waals surface area contributed by atoms with Crippen molar-refractivity contribution in [2.24, 2.45) is 20.5 Å². The topological polar surface area (TPSA) is 273 Å². The summed E-state index contributed by atoms with van der Waals surface area (Å²) in [6.45, 7) is 3.29. The summed E-state index contributed by atoms with van der Waals surface area (Å²) >= 11 is 0. The van der Waals surface area contributed by atoms with Crippen LogP contribution < -0.4 is 0 Å². The number of azo groups is 2. The fourth-order valence-corrected chi connectivity index (χ4v) is 6.61. The Kier molecular flexibility index (Phi) is 13.1. The van der Waals surface area contributed by atoms with Crippen LogP contribution in [0, 0.1) is 13.8 Å². The second-order valence-electron chi connectivity index (χ2n) is 11.6. The van der Waals surface area contributed by atoms with Gasteiger partial charge in [0.15, 0.2) is 11.5 Å². The molecule has 16 nitrogen and oxygen atoms in total. The van der Waals surface area contributed by atoms with Gasteiger partial charge in [0.05, 0.1) is 0 Å². The summed E-state index contributed by atoms with van der Waals surface area (Å²) in [5.41, 5.74) is -0.0760. The number of nitrogens with zero attached hydrogens (tertiary/aromatic N) is 4. The van der Waals surface area contributed by atoms with Gasteiger partial charge in [-0.2, -0.15) is 16.8 Å². The van der Waals surface area contributed by atoms with Crippen molar-refractivity contribution in [3.05, 3.63) is 119 Å². The quantitative estimate of drug-likeness (QED) is 0.0484. The van der Waals surface area contributed by atoms with Crippen molar-refractivity contribution in [3.63, 3.8) is 0 Å². The number of carboxylic acids is 2. The van der Waals surface area contributed by atoms with Gasteiger partial charge in [-0.3, -0.25) is 9.11 Å². The van der Waals surface area contributed by atoms with Gasteiger partial charge < -0.3 is 20.4 Å². The van der Waals surface area contributed by atoms with Crippen LogP contribution in [0.1, 0.15) is 31.8 Å². The number of phenols is 2. The summed E-state index contributed by atoms with van der Waals surface area (Å²) in [4.78, 5) is 21.9. The van der Waals surface area contributed by atoms with E-state index in [2.05, 4.69) is 20.5 Å². The van der Waals surface area contributed by atoms with Crippen LogP contribution in [0.4, 0.5) is 22.7 Å². The maximum absolute atomic E-state index is 11.6. The predicted molar refractivity (Wildman–Crippen MR) is 201 cm³/mol. The Morgan fingerprint density at radius 3 is 1.20 bits per heavy atom. The number of benzene rings is 6. The van der Waals surface area contributed by atoms with Crippen molar-refractivity contribution in [2.75, 3.05) is 0 Å². The molecule has 0 aliphatic rings. The summed E-state index contributed by atoms with van der Waals surface area (Å²) < 4.78 is 65.0. The molecule has 0 saturated heterocycles. The fraction of sp³-hybridized carbons (Fsp3) is 0.0556. The van der Waals surface area contributed by atoms with Gasteiger partial charge in [0.2, 0.25) is 0 Å². The van der Waals surface area contributed by atoms with Gasteiger partial charge in [0, 0.05) is 48.5 Å². The molecule has 0 atom stereocenters. The Morgan fingerprint density at radius 2 is 0.873 bits per heavy atom. The molecule has 0 spiro atoms. The van der Waals surface area contributed by atoms with Gasteiger partial charge in [-0.25, -0.2) is 9.59 Å². The van der Waals surface area contributed by atoms with Crippen LogP contribution in [0.2, 0.25) is 0 Å². The van der Waals surface area contributed by atoms with Crippen LogP contribution in [0.15, 0.2) is 127 Å². The third-order valence-electron chi connectivity index (χ3n) is 7.75. The van der Waals surface area contributed by atoms with Gasteiger partial charge in [-0.05, 0) is 72.1 Å². The molecule has 0 unspecified atom stereocenters. The van der Waals surface area contributed by atoms with Gasteiger partial charge in [-0.1, -0.05) is 60.7 Å². The fourth-order valence-electron chi connectivity index (χ4n) is 5.19. The average Bonchev–Trinajstić information content (AvgIpc) is 3.10. The first-order chi connectivity index (χ1) is 25.4. The summed E-state index contributed by atoms with van der Waals surface area (Å²) in [6, 6.07) is 24.2. The first-order valence-electron chi connectivity index (χ1n) is 15.3. The molecule has 278 valence electrons. The Hall–Kier alpha value is -5.34. The maximum Gasteiger partial charge on any atom is 0.339 e. The van der Waals surface area contributed by atoms with E-state index in [-0.39, 0.29) is 71.6 Å². The van der Waals surface area contributed by atoms with Crippen molar-refractivity contribution in [1.29, 1.82) is 0 Å². The van der Waals surface area contributed by atoms with Crippen LogP contribution in [-0.2, 0) is 20.2 Å². The number of carbonyl (C=O) groups is 2. The predicted octanol–water partition coefficient (Wildman–Crippen LogP) is 8.05. The number of fused-ring (bicyclic) bond motifs is 2. The van der Waals surface area contributed by atoms with E-state index in [1.165, 1.54) is 36.4 Å². The Labute approximate surface area is 342 Å². The molecule has 0 aromatic heterocycles.